The van der Waals surface area contributed by atoms with Crippen molar-refractivity contribution < 1.29 is 9.13 Å². The molecule has 0 spiro atoms. The predicted molar refractivity (Wildman–Crippen MR) is 80.1 cm³/mol. The van der Waals surface area contributed by atoms with Crippen LogP contribution in [-0.4, -0.2) is 14.2 Å². The van der Waals surface area contributed by atoms with E-state index in [0.717, 1.165) is 22.7 Å². The van der Waals surface area contributed by atoms with E-state index in [1.165, 1.54) is 12.1 Å². The van der Waals surface area contributed by atoms with Gasteiger partial charge < -0.3 is 15.4 Å². The Morgan fingerprint density at radius 2 is 1.85 bits per heavy atom. The molecule has 0 aromatic heterocycles. The number of benzene rings is 2. The van der Waals surface area contributed by atoms with Crippen molar-refractivity contribution in [3.05, 3.63) is 53.8 Å². The van der Waals surface area contributed by atoms with E-state index in [1.54, 1.807) is 13.2 Å². The summed E-state index contributed by atoms with van der Waals surface area (Å²) in [5.41, 5.74) is 8.48. The average Bonchev–Trinajstić information content (AvgIpc) is 2.46. The predicted octanol–water partition coefficient (Wildman–Crippen LogP) is 3.62. The quantitative estimate of drug-likeness (QED) is 0.925. The van der Waals surface area contributed by atoms with Crippen molar-refractivity contribution in [3.8, 4) is 5.75 Å². The lowest BCUT2D eigenvalue weighted by Gasteiger charge is -2.25. The third kappa shape index (κ3) is 2.75. The molecule has 106 valence electrons. The molecular weight excluding hydrogens is 255 g/mol. The van der Waals surface area contributed by atoms with E-state index in [1.807, 2.05) is 43.1 Å². The number of anilines is 2. The summed E-state index contributed by atoms with van der Waals surface area (Å²) in [5.74, 6) is 0.476. The van der Waals surface area contributed by atoms with Gasteiger partial charge in [-0.25, -0.2) is 4.39 Å². The first kappa shape index (κ1) is 14.3. The first-order valence-corrected chi connectivity index (χ1v) is 6.46. The summed E-state index contributed by atoms with van der Waals surface area (Å²) in [6, 6.07) is 12.1. The smallest absolute Gasteiger partial charge is 0.142 e. The molecule has 1 atom stereocenters. The molecule has 0 heterocycles. The molecule has 0 aliphatic carbocycles. The van der Waals surface area contributed by atoms with Crippen LogP contribution in [0.15, 0.2) is 42.5 Å². The fourth-order valence-corrected chi connectivity index (χ4v) is 2.23. The minimum atomic E-state index is -0.283. The van der Waals surface area contributed by atoms with Crippen molar-refractivity contribution in [1.82, 2.24) is 0 Å². The van der Waals surface area contributed by atoms with Crippen molar-refractivity contribution in [2.75, 3.05) is 19.1 Å². The Hall–Kier alpha value is -2.07. The van der Waals surface area contributed by atoms with Gasteiger partial charge in [0.15, 0.2) is 0 Å². The van der Waals surface area contributed by atoms with Crippen molar-refractivity contribution in [2.24, 2.45) is 5.73 Å². The fraction of sp³-hybridized carbons (Fsp3) is 0.250. The fourth-order valence-electron chi connectivity index (χ4n) is 2.23. The van der Waals surface area contributed by atoms with E-state index in [9.17, 15) is 4.39 Å². The number of halogens is 1. The maximum atomic E-state index is 13.4. The number of rotatable bonds is 4. The number of nitrogens with two attached hydrogens (primary N) is 1. The molecule has 2 aromatic rings. The molecule has 0 saturated heterocycles. The summed E-state index contributed by atoms with van der Waals surface area (Å²) in [6.45, 7) is 1.84. The van der Waals surface area contributed by atoms with Gasteiger partial charge in [-0.15, -0.1) is 0 Å². The minimum absolute atomic E-state index is 0.252. The van der Waals surface area contributed by atoms with Gasteiger partial charge in [0.05, 0.1) is 12.8 Å². The molecule has 2 N–H and O–H groups in total. The monoisotopic (exact) mass is 274 g/mol. The topological polar surface area (TPSA) is 38.5 Å². The van der Waals surface area contributed by atoms with Crippen molar-refractivity contribution >= 4 is 11.4 Å². The number of hydrogen-bond donors (Lipinski definition) is 1. The van der Waals surface area contributed by atoms with Gasteiger partial charge >= 0.3 is 0 Å². The molecule has 0 fully saturated rings. The summed E-state index contributed by atoms with van der Waals surface area (Å²) in [7, 11) is 3.54. The van der Waals surface area contributed by atoms with E-state index in [2.05, 4.69) is 0 Å². The van der Waals surface area contributed by atoms with E-state index < -0.39 is 0 Å². The second-order valence-corrected chi connectivity index (χ2v) is 4.72. The van der Waals surface area contributed by atoms with Gasteiger partial charge in [0.1, 0.15) is 11.6 Å². The minimum Gasteiger partial charge on any atom is -0.495 e. The summed E-state index contributed by atoms with van der Waals surface area (Å²) >= 11 is 0. The lowest BCUT2D eigenvalue weighted by molar-refractivity contribution is 0.415. The van der Waals surface area contributed by atoms with Crippen LogP contribution in [-0.2, 0) is 0 Å². The van der Waals surface area contributed by atoms with Crippen LogP contribution < -0.4 is 15.4 Å². The van der Waals surface area contributed by atoms with Gasteiger partial charge in [-0.2, -0.15) is 0 Å². The van der Waals surface area contributed by atoms with Gasteiger partial charge in [0.25, 0.3) is 0 Å². The molecule has 0 bridgehead atoms. The molecule has 0 amide bonds. The molecule has 0 saturated carbocycles. The standard InChI is InChI=1S/C16H19FN2O/c1-11(18)13-10-12(17)8-9-14(13)19(2)15-6-4-5-7-16(15)20-3/h4-11H,18H2,1-3H3. The van der Waals surface area contributed by atoms with E-state index >= 15 is 0 Å². The SMILES string of the molecule is COc1ccccc1N(C)c1ccc(F)cc1C(C)N. The Balaban J connectivity index is 2.50. The average molecular weight is 274 g/mol. The zero-order valence-electron chi connectivity index (χ0n) is 11.9. The van der Waals surface area contributed by atoms with Crippen molar-refractivity contribution in [1.29, 1.82) is 0 Å². The Bertz CT molecular complexity index is 599. The van der Waals surface area contributed by atoms with E-state index in [4.69, 9.17) is 10.5 Å². The van der Waals surface area contributed by atoms with Gasteiger partial charge in [-0.05, 0) is 42.8 Å². The summed E-state index contributed by atoms with van der Waals surface area (Å²) in [6.07, 6.45) is 0. The zero-order chi connectivity index (χ0) is 14.7. The molecule has 2 aromatic carbocycles. The Labute approximate surface area is 118 Å². The van der Waals surface area contributed by atoms with Crippen LogP contribution in [0.4, 0.5) is 15.8 Å². The van der Waals surface area contributed by atoms with Crippen LogP contribution in [0.25, 0.3) is 0 Å². The van der Waals surface area contributed by atoms with Crippen LogP contribution in [0, 0.1) is 5.82 Å². The molecule has 0 radical (unpaired) electrons. The second kappa shape index (κ2) is 5.92. The summed E-state index contributed by atoms with van der Waals surface area (Å²) in [4.78, 5) is 1.96. The third-order valence-corrected chi connectivity index (χ3v) is 3.29. The Morgan fingerprint density at radius 3 is 2.50 bits per heavy atom. The highest BCUT2D eigenvalue weighted by Crippen LogP contribution is 2.35. The number of hydrogen-bond acceptors (Lipinski definition) is 3. The highest BCUT2D eigenvalue weighted by Gasteiger charge is 2.15. The number of methoxy groups -OCH3 is 1. The molecule has 20 heavy (non-hydrogen) atoms. The molecule has 1 unspecified atom stereocenters. The lowest BCUT2D eigenvalue weighted by Crippen LogP contribution is -2.16. The van der Waals surface area contributed by atoms with Crippen LogP contribution in [0.5, 0.6) is 5.75 Å². The van der Waals surface area contributed by atoms with Crippen molar-refractivity contribution in [3.63, 3.8) is 0 Å². The maximum Gasteiger partial charge on any atom is 0.142 e. The number of nitrogens with zero attached hydrogens (tertiary/aromatic N) is 1. The van der Waals surface area contributed by atoms with Gasteiger partial charge in [-0.3, -0.25) is 0 Å². The summed E-state index contributed by atoms with van der Waals surface area (Å²) in [5, 5.41) is 0. The molecule has 0 aliphatic heterocycles. The van der Waals surface area contributed by atoms with E-state index in [0.29, 0.717) is 0 Å². The zero-order valence-corrected chi connectivity index (χ0v) is 11.9. The van der Waals surface area contributed by atoms with Crippen LogP contribution >= 0.6 is 0 Å². The summed E-state index contributed by atoms with van der Waals surface area (Å²) < 4.78 is 18.8. The maximum absolute atomic E-state index is 13.4. The highest BCUT2D eigenvalue weighted by atomic mass is 19.1. The lowest BCUT2D eigenvalue weighted by atomic mass is 10.1. The molecule has 2 rings (SSSR count). The largest absolute Gasteiger partial charge is 0.495 e. The first-order valence-electron chi connectivity index (χ1n) is 6.46. The molecule has 3 nitrogen and oxygen atoms in total. The van der Waals surface area contributed by atoms with Crippen LogP contribution in [0.2, 0.25) is 0 Å². The van der Waals surface area contributed by atoms with Crippen molar-refractivity contribution in [2.45, 2.75) is 13.0 Å². The van der Waals surface area contributed by atoms with E-state index in [-0.39, 0.29) is 11.9 Å². The van der Waals surface area contributed by atoms with Gasteiger partial charge in [0.2, 0.25) is 0 Å². The number of ether oxygens (including phenoxy) is 1. The molecular formula is C16H19FN2O. The Kier molecular flexibility index (Phi) is 4.25. The molecule has 0 aliphatic rings. The Morgan fingerprint density at radius 1 is 1.15 bits per heavy atom. The van der Waals surface area contributed by atoms with Gasteiger partial charge in [0, 0.05) is 18.8 Å². The first-order chi connectivity index (χ1) is 9.54. The molecule has 4 heteroatoms. The second-order valence-electron chi connectivity index (χ2n) is 4.72. The van der Waals surface area contributed by atoms with Gasteiger partial charge in [-0.1, -0.05) is 12.1 Å². The number of para-hydroxylation sites is 2. The highest BCUT2D eigenvalue weighted by molar-refractivity contribution is 5.71. The van der Waals surface area contributed by atoms with Crippen LogP contribution in [0.3, 0.4) is 0 Å². The normalized spacial score (nSPS) is 12.1. The van der Waals surface area contributed by atoms with Crippen LogP contribution in [0.1, 0.15) is 18.5 Å². The third-order valence-electron chi connectivity index (χ3n) is 3.29.